The van der Waals surface area contributed by atoms with Crippen LogP contribution in [0.5, 0.6) is 5.75 Å². The molecule has 2 N–H and O–H groups in total. The molecule has 2 aliphatic rings. The number of hydrogen-bond acceptors (Lipinski definition) is 3. The third-order valence-corrected chi connectivity index (χ3v) is 5.01. The summed E-state index contributed by atoms with van der Waals surface area (Å²) >= 11 is 0. The minimum atomic E-state index is -0.889. The van der Waals surface area contributed by atoms with Crippen LogP contribution >= 0.6 is 0 Å². The fourth-order valence-electron chi connectivity index (χ4n) is 3.46. The molecule has 1 amide bonds. The second kappa shape index (κ2) is 5.30. The molecule has 1 unspecified atom stereocenters. The third-order valence-electron chi connectivity index (χ3n) is 5.01. The van der Waals surface area contributed by atoms with Crippen LogP contribution in [0.3, 0.4) is 0 Å². The van der Waals surface area contributed by atoms with E-state index in [1.807, 2.05) is 6.07 Å². The smallest absolute Gasteiger partial charge is 0.311 e. The van der Waals surface area contributed by atoms with E-state index in [2.05, 4.69) is 0 Å². The SMILES string of the molecule is CC1(C(=O)O)CCN(C(=O)c2ccc3c(c2O)CCCC3)C1. The Hall–Kier alpha value is -2.04. The number of benzene rings is 1. The summed E-state index contributed by atoms with van der Waals surface area (Å²) in [6, 6.07) is 3.60. The van der Waals surface area contributed by atoms with Crippen molar-refractivity contribution in [3.05, 3.63) is 28.8 Å². The molecule has 1 aromatic carbocycles. The Bertz CT molecular complexity index is 640. The number of hydrogen-bond donors (Lipinski definition) is 2. The molecule has 1 heterocycles. The highest BCUT2D eigenvalue weighted by Gasteiger charge is 2.42. The number of carbonyl (C=O) groups excluding carboxylic acids is 1. The van der Waals surface area contributed by atoms with Crippen LogP contribution in [0.25, 0.3) is 0 Å². The number of aliphatic carboxylic acids is 1. The van der Waals surface area contributed by atoms with Crippen molar-refractivity contribution in [2.75, 3.05) is 13.1 Å². The Morgan fingerprint density at radius 3 is 2.64 bits per heavy atom. The quantitative estimate of drug-likeness (QED) is 0.878. The topological polar surface area (TPSA) is 77.8 Å². The van der Waals surface area contributed by atoms with Crippen LogP contribution in [0.1, 0.15) is 47.7 Å². The van der Waals surface area contributed by atoms with Gasteiger partial charge in [0.05, 0.1) is 11.0 Å². The number of aromatic hydroxyl groups is 1. The van der Waals surface area contributed by atoms with E-state index >= 15 is 0 Å². The molecular formula is C17H21NO4. The minimum Gasteiger partial charge on any atom is -0.507 e. The van der Waals surface area contributed by atoms with Crippen LogP contribution in [0.15, 0.2) is 12.1 Å². The molecule has 0 radical (unpaired) electrons. The van der Waals surface area contributed by atoms with Crippen molar-refractivity contribution in [3.63, 3.8) is 0 Å². The summed E-state index contributed by atoms with van der Waals surface area (Å²) in [5, 5.41) is 19.7. The number of phenolic OH excluding ortho intramolecular Hbond substituents is 1. The van der Waals surface area contributed by atoms with Gasteiger partial charge in [-0.3, -0.25) is 9.59 Å². The van der Waals surface area contributed by atoms with Gasteiger partial charge in [-0.05, 0) is 56.2 Å². The molecule has 5 nitrogen and oxygen atoms in total. The van der Waals surface area contributed by atoms with Crippen molar-refractivity contribution < 1.29 is 19.8 Å². The number of carbonyl (C=O) groups is 2. The molecule has 1 aliphatic heterocycles. The summed E-state index contributed by atoms with van der Waals surface area (Å²) in [7, 11) is 0. The summed E-state index contributed by atoms with van der Waals surface area (Å²) in [4.78, 5) is 25.5. The van der Waals surface area contributed by atoms with Gasteiger partial charge >= 0.3 is 5.97 Å². The fourth-order valence-corrected chi connectivity index (χ4v) is 3.46. The highest BCUT2D eigenvalue weighted by atomic mass is 16.4. The second-order valence-electron chi connectivity index (χ2n) is 6.65. The summed E-state index contributed by atoms with van der Waals surface area (Å²) in [6.07, 6.45) is 4.33. The first kappa shape index (κ1) is 14.9. The summed E-state index contributed by atoms with van der Waals surface area (Å²) in [5.74, 6) is -1.06. The van der Waals surface area contributed by atoms with Gasteiger partial charge in [-0.1, -0.05) is 6.07 Å². The van der Waals surface area contributed by atoms with Gasteiger partial charge in [0.15, 0.2) is 0 Å². The number of likely N-dealkylation sites (tertiary alicyclic amines) is 1. The number of aryl methyl sites for hydroxylation is 1. The minimum absolute atomic E-state index is 0.0890. The van der Waals surface area contributed by atoms with E-state index in [9.17, 15) is 19.8 Å². The number of phenols is 1. The molecule has 1 aromatic rings. The molecular weight excluding hydrogens is 282 g/mol. The molecule has 0 bridgehead atoms. The first-order chi connectivity index (χ1) is 10.4. The third kappa shape index (κ3) is 2.34. The molecule has 0 aromatic heterocycles. The van der Waals surface area contributed by atoms with Crippen LogP contribution in [0.2, 0.25) is 0 Å². The lowest BCUT2D eigenvalue weighted by molar-refractivity contribution is -0.147. The average molecular weight is 303 g/mol. The van der Waals surface area contributed by atoms with E-state index in [0.29, 0.717) is 18.5 Å². The molecule has 0 saturated carbocycles. The highest BCUT2D eigenvalue weighted by molar-refractivity contribution is 5.98. The number of carboxylic acid groups (broad SMARTS) is 1. The first-order valence-electron chi connectivity index (χ1n) is 7.79. The molecule has 1 fully saturated rings. The van der Waals surface area contributed by atoms with E-state index < -0.39 is 11.4 Å². The summed E-state index contributed by atoms with van der Waals surface area (Å²) in [6.45, 7) is 2.27. The van der Waals surface area contributed by atoms with Crippen molar-refractivity contribution in [2.45, 2.75) is 39.0 Å². The number of fused-ring (bicyclic) bond motifs is 1. The van der Waals surface area contributed by atoms with E-state index in [1.54, 1.807) is 17.9 Å². The van der Waals surface area contributed by atoms with Crippen molar-refractivity contribution >= 4 is 11.9 Å². The zero-order chi connectivity index (χ0) is 15.9. The van der Waals surface area contributed by atoms with Crippen LogP contribution < -0.4 is 0 Å². The van der Waals surface area contributed by atoms with Crippen LogP contribution in [0.4, 0.5) is 0 Å². The lowest BCUT2D eigenvalue weighted by Crippen LogP contribution is -2.35. The number of nitrogens with zero attached hydrogens (tertiary/aromatic N) is 1. The zero-order valence-electron chi connectivity index (χ0n) is 12.8. The molecule has 0 spiro atoms. The van der Waals surface area contributed by atoms with Gasteiger partial charge < -0.3 is 15.1 Å². The van der Waals surface area contributed by atoms with Crippen LogP contribution in [-0.2, 0) is 17.6 Å². The maximum atomic E-state index is 12.6. The van der Waals surface area contributed by atoms with Crippen molar-refractivity contribution in [3.8, 4) is 5.75 Å². The van der Waals surface area contributed by atoms with Crippen molar-refractivity contribution in [1.29, 1.82) is 0 Å². The Kier molecular flexibility index (Phi) is 3.59. The normalized spacial score (nSPS) is 24.1. The average Bonchev–Trinajstić information content (AvgIpc) is 2.91. The summed E-state index contributed by atoms with van der Waals surface area (Å²) < 4.78 is 0. The Balaban J connectivity index is 1.86. The van der Waals surface area contributed by atoms with E-state index in [-0.39, 0.29) is 18.2 Å². The molecule has 1 saturated heterocycles. The van der Waals surface area contributed by atoms with Crippen molar-refractivity contribution in [2.24, 2.45) is 5.41 Å². The van der Waals surface area contributed by atoms with E-state index in [4.69, 9.17) is 0 Å². The molecule has 1 aliphatic carbocycles. The monoisotopic (exact) mass is 303 g/mol. The first-order valence-corrected chi connectivity index (χ1v) is 7.79. The predicted molar refractivity (Wildman–Crippen MR) is 81.0 cm³/mol. The number of amides is 1. The lowest BCUT2D eigenvalue weighted by Gasteiger charge is -2.23. The standard InChI is InChI=1S/C17H21NO4/c1-17(16(21)22)8-9-18(10-17)15(20)13-7-6-11-4-2-3-5-12(11)14(13)19/h6-7,19H,2-5,8-10H2,1H3,(H,21,22). The van der Waals surface area contributed by atoms with Crippen LogP contribution in [-0.4, -0.2) is 40.1 Å². The van der Waals surface area contributed by atoms with E-state index in [0.717, 1.165) is 36.8 Å². The maximum absolute atomic E-state index is 12.6. The largest absolute Gasteiger partial charge is 0.507 e. The molecule has 1 atom stereocenters. The fraction of sp³-hybridized carbons (Fsp3) is 0.529. The van der Waals surface area contributed by atoms with Gasteiger partial charge in [0.1, 0.15) is 5.75 Å². The van der Waals surface area contributed by atoms with Gasteiger partial charge in [-0.15, -0.1) is 0 Å². The van der Waals surface area contributed by atoms with Gasteiger partial charge in [0.25, 0.3) is 5.91 Å². The van der Waals surface area contributed by atoms with Crippen molar-refractivity contribution in [1.82, 2.24) is 4.90 Å². The van der Waals surface area contributed by atoms with Gasteiger partial charge in [-0.2, -0.15) is 0 Å². The van der Waals surface area contributed by atoms with Gasteiger partial charge in [0, 0.05) is 13.1 Å². The number of carboxylic acids is 1. The molecule has 22 heavy (non-hydrogen) atoms. The highest BCUT2D eigenvalue weighted by Crippen LogP contribution is 2.35. The second-order valence-corrected chi connectivity index (χ2v) is 6.65. The molecule has 3 rings (SSSR count). The van der Waals surface area contributed by atoms with Gasteiger partial charge in [0.2, 0.25) is 0 Å². The van der Waals surface area contributed by atoms with Crippen LogP contribution in [0, 0.1) is 5.41 Å². The van der Waals surface area contributed by atoms with Gasteiger partial charge in [-0.25, -0.2) is 0 Å². The Labute approximate surface area is 129 Å². The maximum Gasteiger partial charge on any atom is 0.311 e. The number of rotatable bonds is 2. The Morgan fingerprint density at radius 2 is 1.95 bits per heavy atom. The molecule has 118 valence electrons. The van der Waals surface area contributed by atoms with E-state index in [1.165, 1.54) is 0 Å². The molecule has 5 heteroatoms. The Morgan fingerprint density at radius 1 is 1.23 bits per heavy atom. The summed E-state index contributed by atoms with van der Waals surface area (Å²) in [5.41, 5.74) is 1.42. The zero-order valence-corrected chi connectivity index (χ0v) is 12.8. The predicted octanol–water partition coefficient (Wildman–Crippen LogP) is 2.21. The lowest BCUT2D eigenvalue weighted by atomic mass is 9.89.